The van der Waals surface area contributed by atoms with E-state index in [1.165, 1.54) is 0 Å². The molecule has 0 atom stereocenters. The number of esters is 1. The molecule has 5 heteroatoms. The average molecular weight is 535 g/mol. The third-order valence-corrected chi connectivity index (χ3v) is 4.30. The monoisotopic (exact) mass is 535 g/mol. The first-order valence-corrected chi connectivity index (χ1v) is 13.6. The smallest absolute Gasteiger partial charge is 0.333 e. The molecule has 1 aliphatic heterocycles. The lowest BCUT2D eigenvalue weighted by molar-refractivity contribution is -0.154. The highest BCUT2D eigenvalue weighted by atomic mass is 128. The largest absolute Gasteiger partial charge is 0.459 e. The summed E-state index contributed by atoms with van der Waals surface area (Å²) in [6.45, 7) is 18.5. The van der Waals surface area contributed by atoms with Gasteiger partial charge in [-0.25, -0.2) is 4.79 Å². The van der Waals surface area contributed by atoms with Gasteiger partial charge in [0, 0.05) is 66.7 Å². The molecule has 0 N–H and O–H groups in total. The number of hydrogen-bond acceptors (Lipinski definition) is 3. The van der Waals surface area contributed by atoms with Crippen molar-refractivity contribution in [3.8, 4) is 0 Å². The Kier molecular flexibility index (Phi) is 12.3. The van der Waals surface area contributed by atoms with Gasteiger partial charge in [-0.05, 0) is 48.6 Å². The standard InChI is InChI=1S/C15H27NO2.C2H4.I2/c1-8-11(2)13(17)18-12-9-14(3,4)16(7)15(5,6)10-12;2*1-2/h8,12H,9-10H2,1-7H3;1-2H2;/b11-8+;;. The maximum Gasteiger partial charge on any atom is 0.333 e. The van der Waals surface area contributed by atoms with Crippen molar-refractivity contribution in [2.24, 2.45) is 0 Å². The van der Waals surface area contributed by atoms with E-state index in [9.17, 15) is 4.79 Å². The first-order valence-electron chi connectivity index (χ1n) is 7.32. The van der Waals surface area contributed by atoms with Crippen LogP contribution in [0.5, 0.6) is 0 Å². The quantitative estimate of drug-likeness (QED) is 0.196. The Morgan fingerprint density at radius 1 is 1.18 bits per heavy atom. The Labute approximate surface area is 160 Å². The number of piperidine rings is 1. The molecule has 22 heavy (non-hydrogen) atoms. The number of likely N-dealkylation sites (tertiary alicyclic amines) is 1. The van der Waals surface area contributed by atoms with E-state index in [4.69, 9.17) is 4.74 Å². The highest BCUT2D eigenvalue weighted by Gasteiger charge is 2.44. The van der Waals surface area contributed by atoms with Crippen molar-refractivity contribution < 1.29 is 9.53 Å². The molecule has 0 unspecified atom stereocenters. The summed E-state index contributed by atoms with van der Waals surface area (Å²) in [5, 5.41) is 0. The fourth-order valence-electron chi connectivity index (χ4n) is 2.73. The molecular weight excluding hydrogens is 504 g/mol. The zero-order chi connectivity index (χ0) is 18.1. The summed E-state index contributed by atoms with van der Waals surface area (Å²) in [4.78, 5) is 14.2. The number of hydrogen-bond donors (Lipinski definition) is 0. The molecule has 1 saturated heterocycles. The van der Waals surface area contributed by atoms with Crippen molar-refractivity contribution in [2.45, 2.75) is 71.6 Å². The SMILES string of the molecule is C/C=C(\C)C(=O)OC1CC(C)(C)N(C)C(C)(C)C1.C=C.II. The topological polar surface area (TPSA) is 29.5 Å². The van der Waals surface area contributed by atoms with Crippen LogP contribution in [0.3, 0.4) is 0 Å². The van der Waals surface area contributed by atoms with Crippen LogP contribution in [0.15, 0.2) is 24.8 Å². The van der Waals surface area contributed by atoms with Gasteiger partial charge in [-0.15, -0.1) is 13.2 Å². The van der Waals surface area contributed by atoms with E-state index in [-0.39, 0.29) is 23.2 Å². The lowest BCUT2D eigenvalue weighted by Gasteiger charge is -2.53. The van der Waals surface area contributed by atoms with E-state index in [2.05, 4.69) is 90.0 Å². The molecule has 0 aromatic rings. The summed E-state index contributed by atoms with van der Waals surface area (Å²) in [7, 11) is 2.15. The predicted molar refractivity (Wildman–Crippen MR) is 114 cm³/mol. The number of ether oxygens (including phenoxy) is 1. The highest BCUT2D eigenvalue weighted by molar-refractivity contribution is 15.0. The molecule has 0 radical (unpaired) electrons. The maximum atomic E-state index is 11.8. The third kappa shape index (κ3) is 7.29. The minimum Gasteiger partial charge on any atom is -0.459 e. The molecule has 0 aromatic carbocycles. The van der Waals surface area contributed by atoms with Crippen molar-refractivity contribution in [1.29, 1.82) is 0 Å². The van der Waals surface area contributed by atoms with Gasteiger partial charge in [0.05, 0.1) is 0 Å². The van der Waals surface area contributed by atoms with Crippen LogP contribution >= 0.6 is 37.2 Å². The molecule has 1 rings (SSSR count). The Morgan fingerprint density at radius 2 is 1.55 bits per heavy atom. The third-order valence-electron chi connectivity index (χ3n) is 4.30. The van der Waals surface area contributed by atoms with Gasteiger partial charge in [-0.2, -0.15) is 0 Å². The normalized spacial score (nSPS) is 20.9. The van der Waals surface area contributed by atoms with Gasteiger partial charge in [0.25, 0.3) is 0 Å². The van der Waals surface area contributed by atoms with E-state index < -0.39 is 0 Å². The van der Waals surface area contributed by atoms with Crippen molar-refractivity contribution in [3.63, 3.8) is 0 Å². The van der Waals surface area contributed by atoms with Gasteiger partial charge < -0.3 is 4.74 Å². The molecule has 0 spiro atoms. The van der Waals surface area contributed by atoms with Crippen LogP contribution in [-0.4, -0.2) is 35.1 Å². The minimum atomic E-state index is -0.182. The lowest BCUT2D eigenvalue weighted by atomic mass is 9.79. The van der Waals surface area contributed by atoms with Gasteiger partial charge >= 0.3 is 5.97 Å². The molecule has 0 saturated carbocycles. The van der Waals surface area contributed by atoms with Crippen LogP contribution < -0.4 is 0 Å². The Bertz CT molecular complexity index is 361. The summed E-state index contributed by atoms with van der Waals surface area (Å²) in [5.41, 5.74) is 0.789. The molecule has 0 aliphatic carbocycles. The van der Waals surface area contributed by atoms with Gasteiger partial charge in [-0.3, -0.25) is 4.90 Å². The molecule has 0 bridgehead atoms. The Balaban J connectivity index is 0. The number of allylic oxidation sites excluding steroid dienone is 1. The van der Waals surface area contributed by atoms with Gasteiger partial charge in [0.1, 0.15) is 6.10 Å². The van der Waals surface area contributed by atoms with Crippen LogP contribution in [-0.2, 0) is 9.53 Å². The van der Waals surface area contributed by atoms with E-state index >= 15 is 0 Å². The zero-order valence-corrected chi connectivity index (χ0v) is 19.3. The second-order valence-electron chi connectivity index (χ2n) is 6.59. The number of rotatable bonds is 2. The number of carbonyl (C=O) groups excluding carboxylic acids is 1. The van der Waals surface area contributed by atoms with Crippen LogP contribution in [0.25, 0.3) is 0 Å². The van der Waals surface area contributed by atoms with Gasteiger partial charge in [-0.1, -0.05) is 6.08 Å². The molecular formula is C17H31I2NO2. The fraction of sp³-hybridized carbons (Fsp3) is 0.706. The number of nitrogens with zero attached hydrogens (tertiary/aromatic N) is 1. The average Bonchev–Trinajstić information content (AvgIpc) is 2.47. The van der Waals surface area contributed by atoms with Crippen LogP contribution in [0.4, 0.5) is 0 Å². The van der Waals surface area contributed by atoms with E-state index in [1.54, 1.807) is 13.0 Å². The second-order valence-corrected chi connectivity index (χ2v) is 6.59. The van der Waals surface area contributed by atoms with E-state index in [1.807, 2.05) is 6.92 Å². The molecule has 1 heterocycles. The van der Waals surface area contributed by atoms with E-state index in [0.29, 0.717) is 5.57 Å². The van der Waals surface area contributed by atoms with Crippen LogP contribution in [0.1, 0.15) is 54.4 Å². The summed E-state index contributed by atoms with van der Waals surface area (Å²) in [6, 6.07) is 0. The molecule has 3 nitrogen and oxygen atoms in total. The van der Waals surface area contributed by atoms with Crippen molar-refractivity contribution in [1.82, 2.24) is 4.90 Å². The van der Waals surface area contributed by atoms with Gasteiger partial charge in [0.2, 0.25) is 0 Å². The van der Waals surface area contributed by atoms with Crippen molar-refractivity contribution in [3.05, 3.63) is 24.8 Å². The highest BCUT2D eigenvalue weighted by Crippen LogP contribution is 2.38. The summed E-state index contributed by atoms with van der Waals surface area (Å²) >= 11 is 4.24. The number of carbonyl (C=O) groups is 1. The van der Waals surface area contributed by atoms with Crippen molar-refractivity contribution in [2.75, 3.05) is 7.05 Å². The molecule has 0 aromatic heterocycles. The molecule has 130 valence electrons. The summed E-state index contributed by atoms with van der Waals surface area (Å²) in [5.74, 6) is -0.182. The van der Waals surface area contributed by atoms with Crippen LogP contribution in [0.2, 0.25) is 0 Å². The van der Waals surface area contributed by atoms with Gasteiger partial charge in [0.15, 0.2) is 0 Å². The first-order chi connectivity index (χ1) is 10.1. The Morgan fingerprint density at radius 3 is 1.86 bits per heavy atom. The minimum absolute atomic E-state index is 0.00796. The predicted octanol–water partition coefficient (Wildman–Crippen LogP) is 5.72. The zero-order valence-electron chi connectivity index (χ0n) is 15.0. The molecule has 0 amide bonds. The number of halogens is 2. The Hall–Kier alpha value is 0.370. The van der Waals surface area contributed by atoms with Crippen LogP contribution in [0, 0.1) is 0 Å². The fourth-order valence-corrected chi connectivity index (χ4v) is 2.73. The van der Waals surface area contributed by atoms with Crippen molar-refractivity contribution >= 4 is 43.2 Å². The maximum absolute atomic E-state index is 11.8. The molecule has 1 fully saturated rings. The summed E-state index contributed by atoms with van der Waals surface area (Å²) < 4.78 is 5.63. The molecule has 1 aliphatic rings. The summed E-state index contributed by atoms with van der Waals surface area (Å²) in [6.07, 6.45) is 3.58. The first kappa shape index (κ1) is 24.6. The second kappa shape index (κ2) is 11.0. The lowest BCUT2D eigenvalue weighted by Crippen LogP contribution is -2.60. The van der Waals surface area contributed by atoms with E-state index in [0.717, 1.165) is 12.8 Å².